The molecule has 2 aromatic carbocycles. The van der Waals surface area contributed by atoms with Crippen LogP contribution in [0.2, 0.25) is 0 Å². The number of hydrogen-bond donors (Lipinski definition) is 3. The Morgan fingerprint density at radius 3 is 2.34 bits per heavy atom. The van der Waals surface area contributed by atoms with Gasteiger partial charge in [0, 0.05) is 16.9 Å². The Bertz CT molecular complexity index is 960. The van der Waals surface area contributed by atoms with Gasteiger partial charge in [-0.2, -0.15) is 8.78 Å². The Balaban J connectivity index is 1.53. The van der Waals surface area contributed by atoms with Gasteiger partial charge < -0.3 is 25.1 Å². The molecule has 3 rings (SSSR count). The van der Waals surface area contributed by atoms with E-state index in [1.54, 1.807) is 36.4 Å². The Morgan fingerprint density at radius 2 is 1.69 bits per heavy atom. The second-order valence-electron chi connectivity index (χ2n) is 5.82. The van der Waals surface area contributed by atoms with E-state index < -0.39 is 18.5 Å². The summed E-state index contributed by atoms with van der Waals surface area (Å²) < 4.78 is 34.0. The summed E-state index contributed by atoms with van der Waals surface area (Å²) in [6, 6.07) is 15.0. The predicted molar refractivity (Wildman–Crippen MR) is 102 cm³/mol. The SMILES string of the molecule is O=C(NCc1ccco1)Nc1ccc(NC(=O)c2cccc(OC(F)F)c2)cc1. The third kappa shape index (κ3) is 6.06. The molecule has 0 radical (unpaired) electrons. The number of nitrogens with one attached hydrogen (secondary N) is 3. The first kappa shape index (κ1) is 19.9. The number of carbonyl (C=O) groups excluding carboxylic acids is 2. The Kier molecular flexibility index (Phi) is 6.41. The molecule has 0 aliphatic carbocycles. The van der Waals surface area contributed by atoms with Crippen LogP contribution in [0, 0.1) is 0 Å². The summed E-state index contributed by atoms with van der Waals surface area (Å²) in [6.45, 7) is -2.72. The van der Waals surface area contributed by atoms with Crippen molar-refractivity contribution in [2.75, 3.05) is 10.6 Å². The van der Waals surface area contributed by atoms with E-state index in [9.17, 15) is 18.4 Å². The van der Waals surface area contributed by atoms with Crippen LogP contribution in [-0.4, -0.2) is 18.5 Å². The van der Waals surface area contributed by atoms with Crippen LogP contribution >= 0.6 is 0 Å². The van der Waals surface area contributed by atoms with Crippen LogP contribution in [0.15, 0.2) is 71.3 Å². The number of halogens is 2. The van der Waals surface area contributed by atoms with Crippen molar-refractivity contribution >= 4 is 23.3 Å². The maximum atomic E-state index is 12.3. The fraction of sp³-hybridized carbons (Fsp3) is 0.100. The van der Waals surface area contributed by atoms with Gasteiger partial charge in [-0.05, 0) is 54.6 Å². The molecule has 3 aromatic rings. The largest absolute Gasteiger partial charge is 0.467 e. The third-order valence-corrected chi connectivity index (χ3v) is 3.73. The predicted octanol–water partition coefficient (Wildman–Crippen LogP) is 4.46. The van der Waals surface area contributed by atoms with Gasteiger partial charge in [0.25, 0.3) is 5.91 Å². The van der Waals surface area contributed by atoms with Crippen LogP contribution < -0.4 is 20.7 Å². The summed E-state index contributed by atoms with van der Waals surface area (Å²) in [4.78, 5) is 24.1. The lowest BCUT2D eigenvalue weighted by Crippen LogP contribution is -2.27. The quantitative estimate of drug-likeness (QED) is 0.545. The molecule has 1 heterocycles. The smallest absolute Gasteiger partial charge is 0.387 e. The Labute approximate surface area is 164 Å². The molecule has 3 amide bonds. The monoisotopic (exact) mass is 401 g/mol. The van der Waals surface area contributed by atoms with Crippen molar-refractivity contribution in [1.29, 1.82) is 0 Å². The molecule has 0 saturated heterocycles. The zero-order valence-electron chi connectivity index (χ0n) is 15.0. The number of carbonyl (C=O) groups is 2. The van der Waals surface area contributed by atoms with E-state index in [0.717, 1.165) is 0 Å². The van der Waals surface area contributed by atoms with Crippen molar-refractivity contribution in [3.8, 4) is 5.75 Å². The second kappa shape index (κ2) is 9.36. The Hall–Kier alpha value is -3.88. The van der Waals surface area contributed by atoms with E-state index in [0.29, 0.717) is 17.1 Å². The minimum atomic E-state index is -2.97. The summed E-state index contributed by atoms with van der Waals surface area (Å²) in [6.07, 6.45) is 1.52. The van der Waals surface area contributed by atoms with Gasteiger partial charge in [-0.3, -0.25) is 4.79 Å². The van der Waals surface area contributed by atoms with Crippen molar-refractivity contribution in [2.45, 2.75) is 13.2 Å². The minimum Gasteiger partial charge on any atom is -0.467 e. The van der Waals surface area contributed by atoms with E-state index in [-0.39, 0.29) is 17.9 Å². The highest BCUT2D eigenvalue weighted by Gasteiger charge is 2.10. The number of amides is 3. The molecule has 150 valence electrons. The third-order valence-electron chi connectivity index (χ3n) is 3.73. The molecule has 0 unspecified atom stereocenters. The van der Waals surface area contributed by atoms with Gasteiger partial charge in [0.05, 0.1) is 12.8 Å². The van der Waals surface area contributed by atoms with Crippen LogP contribution in [0.5, 0.6) is 5.75 Å². The number of anilines is 2. The number of urea groups is 1. The molecule has 0 spiro atoms. The van der Waals surface area contributed by atoms with Crippen LogP contribution in [0.3, 0.4) is 0 Å². The molecule has 0 aliphatic rings. The molecule has 1 aromatic heterocycles. The average molecular weight is 401 g/mol. The number of benzene rings is 2. The van der Waals surface area contributed by atoms with E-state index in [2.05, 4.69) is 20.7 Å². The minimum absolute atomic E-state index is 0.104. The number of rotatable bonds is 7. The fourth-order valence-corrected chi connectivity index (χ4v) is 2.41. The summed E-state index contributed by atoms with van der Waals surface area (Å²) in [5, 5.41) is 7.93. The van der Waals surface area contributed by atoms with E-state index >= 15 is 0 Å². The first-order chi connectivity index (χ1) is 14.0. The molecule has 9 heteroatoms. The van der Waals surface area contributed by atoms with Crippen molar-refractivity contribution in [2.24, 2.45) is 0 Å². The highest BCUT2D eigenvalue weighted by Crippen LogP contribution is 2.18. The molecular weight excluding hydrogens is 384 g/mol. The van der Waals surface area contributed by atoms with Gasteiger partial charge in [-0.15, -0.1) is 0 Å². The lowest BCUT2D eigenvalue weighted by molar-refractivity contribution is -0.0498. The van der Waals surface area contributed by atoms with Crippen molar-refractivity contribution in [3.05, 3.63) is 78.3 Å². The molecule has 7 nitrogen and oxygen atoms in total. The first-order valence-corrected chi connectivity index (χ1v) is 8.53. The van der Waals surface area contributed by atoms with Gasteiger partial charge in [0.15, 0.2) is 0 Å². The zero-order valence-corrected chi connectivity index (χ0v) is 15.0. The van der Waals surface area contributed by atoms with Crippen LogP contribution in [0.1, 0.15) is 16.1 Å². The molecule has 29 heavy (non-hydrogen) atoms. The average Bonchev–Trinajstić information content (AvgIpc) is 3.21. The zero-order chi connectivity index (χ0) is 20.6. The highest BCUT2D eigenvalue weighted by atomic mass is 19.3. The van der Waals surface area contributed by atoms with E-state index in [4.69, 9.17) is 4.42 Å². The summed E-state index contributed by atoms with van der Waals surface area (Å²) in [5.74, 6) is 0.0376. The Morgan fingerprint density at radius 1 is 0.966 bits per heavy atom. The van der Waals surface area contributed by atoms with Gasteiger partial charge in [0.2, 0.25) is 0 Å². The number of alkyl halides is 2. The molecule has 3 N–H and O–H groups in total. The molecule has 0 atom stereocenters. The van der Waals surface area contributed by atoms with Crippen LogP contribution in [-0.2, 0) is 6.54 Å². The summed E-state index contributed by atoms with van der Waals surface area (Å²) in [5.41, 5.74) is 1.16. The van der Waals surface area contributed by atoms with Gasteiger partial charge >= 0.3 is 12.6 Å². The highest BCUT2D eigenvalue weighted by molar-refractivity contribution is 6.04. The topological polar surface area (TPSA) is 92.6 Å². The van der Waals surface area contributed by atoms with Crippen molar-refractivity contribution in [1.82, 2.24) is 5.32 Å². The maximum absolute atomic E-state index is 12.3. The maximum Gasteiger partial charge on any atom is 0.387 e. The van der Waals surface area contributed by atoms with Gasteiger partial charge in [-0.1, -0.05) is 6.07 Å². The fourth-order valence-electron chi connectivity index (χ4n) is 2.41. The van der Waals surface area contributed by atoms with E-state index in [1.807, 2.05) is 0 Å². The normalized spacial score (nSPS) is 10.4. The van der Waals surface area contributed by atoms with Crippen molar-refractivity contribution < 1.29 is 27.5 Å². The van der Waals surface area contributed by atoms with Gasteiger partial charge in [0.1, 0.15) is 11.5 Å². The standard InChI is InChI=1S/C20H17F2N3O4/c21-19(22)29-16-4-1-3-13(11-16)18(26)24-14-6-8-15(9-7-14)25-20(27)23-12-17-5-2-10-28-17/h1-11,19H,12H2,(H,24,26)(H2,23,25,27). The molecule has 0 aliphatic heterocycles. The molecule has 0 saturated carbocycles. The van der Waals surface area contributed by atoms with Crippen molar-refractivity contribution in [3.63, 3.8) is 0 Å². The van der Waals surface area contributed by atoms with E-state index in [1.165, 1.54) is 30.5 Å². The lowest BCUT2D eigenvalue weighted by atomic mass is 10.2. The number of ether oxygens (including phenoxy) is 1. The lowest BCUT2D eigenvalue weighted by Gasteiger charge is -2.10. The van der Waals surface area contributed by atoms with Crippen LogP contribution in [0.4, 0.5) is 25.0 Å². The van der Waals surface area contributed by atoms with Gasteiger partial charge in [-0.25, -0.2) is 4.79 Å². The number of furan rings is 1. The van der Waals surface area contributed by atoms with Crippen LogP contribution in [0.25, 0.3) is 0 Å². The summed E-state index contributed by atoms with van der Waals surface area (Å²) in [7, 11) is 0. The second-order valence-corrected chi connectivity index (χ2v) is 5.82. The molecular formula is C20H17F2N3O4. The molecule has 0 bridgehead atoms. The number of hydrogen-bond acceptors (Lipinski definition) is 4. The molecule has 0 fully saturated rings. The first-order valence-electron chi connectivity index (χ1n) is 8.53. The summed E-state index contributed by atoms with van der Waals surface area (Å²) >= 11 is 0.